The largest absolute Gasteiger partial charge is 0.373 e. The van der Waals surface area contributed by atoms with Crippen LogP contribution in [0.4, 0.5) is 0 Å². The average Bonchev–Trinajstić information content (AvgIpc) is 2.93. The van der Waals surface area contributed by atoms with Gasteiger partial charge in [-0.1, -0.05) is 20.8 Å². The molecule has 1 heterocycles. The van der Waals surface area contributed by atoms with Gasteiger partial charge in [0, 0.05) is 16.3 Å². The van der Waals surface area contributed by atoms with E-state index in [0.717, 1.165) is 12.5 Å². The third kappa shape index (κ3) is 1.98. The maximum atomic E-state index is 6.37. The van der Waals surface area contributed by atoms with Crippen LogP contribution in [-0.4, -0.2) is 6.10 Å². The third-order valence-corrected chi connectivity index (χ3v) is 7.54. The van der Waals surface area contributed by atoms with Gasteiger partial charge in [0.2, 0.25) is 0 Å². The molecule has 1 aromatic heterocycles. The standard InChI is InChI=1S/C17H27NOS/c1-11-12(7-14(9-18)20-11)10-19-15-8-13-5-6-17(15,4)16(13,2)3/h7,13,15H,5-6,8-10,18H2,1-4H3. The molecule has 3 heteroatoms. The second kappa shape index (κ2) is 4.82. The lowest BCUT2D eigenvalue weighted by Gasteiger charge is -2.38. The van der Waals surface area contributed by atoms with Gasteiger partial charge >= 0.3 is 0 Å². The second-order valence-electron chi connectivity index (χ2n) is 7.41. The van der Waals surface area contributed by atoms with E-state index in [1.165, 1.54) is 34.6 Å². The minimum Gasteiger partial charge on any atom is -0.373 e. The minimum absolute atomic E-state index is 0.359. The van der Waals surface area contributed by atoms with Crippen molar-refractivity contribution in [1.29, 1.82) is 0 Å². The maximum Gasteiger partial charge on any atom is 0.0731 e. The molecule has 2 fully saturated rings. The van der Waals surface area contributed by atoms with E-state index in [2.05, 4.69) is 33.8 Å². The minimum atomic E-state index is 0.359. The fraction of sp³-hybridized carbons (Fsp3) is 0.765. The Morgan fingerprint density at radius 3 is 2.65 bits per heavy atom. The number of thiophene rings is 1. The lowest BCUT2D eigenvalue weighted by molar-refractivity contribution is -0.0550. The summed E-state index contributed by atoms with van der Waals surface area (Å²) in [4.78, 5) is 2.62. The summed E-state index contributed by atoms with van der Waals surface area (Å²) in [6.07, 6.45) is 4.39. The summed E-state index contributed by atoms with van der Waals surface area (Å²) in [5.41, 5.74) is 7.85. The van der Waals surface area contributed by atoms with Gasteiger partial charge in [-0.3, -0.25) is 0 Å². The van der Waals surface area contributed by atoms with Crippen LogP contribution in [0.1, 0.15) is 55.4 Å². The topological polar surface area (TPSA) is 35.2 Å². The molecule has 20 heavy (non-hydrogen) atoms. The van der Waals surface area contributed by atoms with Crippen molar-refractivity contribution in [2.75, 3.05) is 0 Å². The van der Waals surface area contributed by atoms with E-state index in [1.807, 2.05) is 0 Å². The molecule has 1 aromatic rings. The summed E-state index contributed by atoms with van der Waals surface area (Å²) >= 11 is 1.81. The van der Waals surface area contributed by atoms with E-state index >= 15 is 0 Å². The first-order chi connectivity index (χ1) is 9.38. The molecule has 3 atom stereocenters. The van der Waals surface area contributed by atoms with Crippen molar-refractivity contribution in [3.05, 3.63) is 21.4 Å². The van der Waals surface area contributed by atoms with Crippen LogP contribution in [0, 0.1) is 23.7 Å². The average molecular weight is 293 g/mol. The first-order valence-corrected chi connectivity index (χ1v) is 8.60. The maximum absolute atomic E-state index is 6.37. The van der Waals surface area contributed by atoms with E-state index in [-0.39, 0.29) is 0 Å². The Labute approximate surface area is 126 Å². The molecule has 0 amide bonds. The molecule has 2 nitrogen and oxygen atoms in total. The normalized spacial score (nSPS) is 34.9. The highest BCUT2D eigenvalue weighted by Crippen LogP contribution is 2.66. The molecule has 0 saturated heterocycles. The zero-order chi connectivity index (χ0) is 14.5. The first kappa shape index (κ1) is 14.6. The van der Waals surface area contributed by atoms with Gasteiger partial charge in [0.1, 0.15) is 0 Å². The van der Waals surface area contributed by atoms with Gasteiger partial charge < -0.3 is 10.5 Å². The Bertz CT molecular complexity index is 507. The SMILES string of the molecule is Cc1sc(CN)cc1COC1CC2CCC1(C)C2(C)C. The van der Waals surface area contributed by atoms with Crippen LogP contribution in [0.2, 0.25) is 0 Å². The number of hydrogen-bond donors (Lipinski definition) is 1. The Morgan fingerprint density at radius 2 is 2.15 bits per heavy atom. The molecule has 2 N–H and O–H groups in total. The van der Waals surface area contributed by atoms with E-state index < -0.39 is 0 Å². The molecule has 112 valence electrons. The van der Waals surface area contributed by atoms with Crippen molar-refractivity contribution in [3.63, 3.8) is 0 Å². The highest BCUT2D eigenvalue weighted by atomic mass is 32.1. The van der Waals surface area contributed by atoms with Gasteiger partial charge in [0.15, 0.2) is 0 Å². The first-order valence-electron chi connectivity index (χ1n) is 7.78. The molecule has 0 aromatic carbocycles. The Balaban J connectivity index is 1.69. The number of ether oxygens (including phenoxy) is 1. The number of fused-ring (bicyclic) bond motifs is 2. The molecule has 2 aliphatic rings. The predicted molar refractivity (Wildman–Crippen MR) is 84.8 cm³/mol. The number of hydrogen-bond acceptors (Lipinski definition) is 3. The predicted octanol–water partition coefficient (Wildman–Crippen LogP) is 4.25. The van der Waals surface area contributed by atoms with Gasteiger partial charge in [0.25, 0.3) is 0 Å². The van der Waals surface area contributed by atoms with Gasteiger partial charge in [-0.15, -0.1) is 11.3 Å². The number of aryl methyl sites for hydroxylation is 1. The van der Waals surface area contributed by atoms with E-state index in [0.29, 0.717) is 23.5 Å². The van der Waals surface area contributed by atoms with E-state index in [1.54, 1.807) is 11.3 Å². The van der Waals surface area contributed by atoms with Crippen molar-refractivity contribution in [3.8, 4) is 0 Å². The highest BCUT2D eigenvalue weighted by molar-refractivity contribution is 7.12. The zero-order valence-electron chi connectivity index (χ0n) is 13.2. The summed E-state index contributed by atoms with van der Waals surface area (Å²) in [6.45, 7) is 10.9. The lowest BCUT2D eigenvalue weighted by atomic mass is 9.70. The van der Waals surface area contributed by atoms with Gasteiger partial charge in [-0.05, 0) is 54.6 Å². The fourth-order valence-electron chi connectivity index (χ4n) is 4.40. The van der Waals surface area contributed by atoms with Crippen molar-refractivity contribution < 1.29 is 4.74 Å². The Morgan fingerprint density at radius 1 is 1.40 bits per heavy atom. The summed E-state index contributed by atoms with van der Waals surface area (Å²) in [6, 6.07) is 2.22. The summed E-state index contributed by atoms with van der Waals surface area (Å²) < 4.78 is 6.37. The molecular formula is C17H27NOS. The fourth-order valence-corrected chi connectivity index (χ4v) is 5.33. The summed E-state index contributed by atoms with van der Waals surface area (Å²) in [5.74, 6) is 0.848. The van der Waals surface area contributed by atoms with Crippen molar-refractivity contribution >= 4 is 11.3 Å². The van der Waals surface area contributed by atoms with Crippen LogP contribution in [0.5, 0.6) is 0 Å². The zero-order valence-corrected chi connectivity index (χ0v) is 14.0. The Kier molecular flexibility index (Phi) is 3.51. The van der Waals surface area contributed by atoms with Crippen LogP contribution in [-0.2, 0) is 17.9 Å². The number of rotatable bonds is 4. The van der Waals surface area contributed by atoms with Crippen molar-refractivity contribution in [2.45, 2.75) is 66.2 Å². The van der Waals surface area contributed by atoms with E-state index in [9.17, 15) is 0 Å². The highest BCUT2D eigenvalue weighted by Gasteiger charge is 2.61. The third-order valence-electron chi connectivity index (χ3n) is 6.43. The lowest BCUT2D eigenvalue weighted by Crippen LogP contribution is -2.37. The molecule has 2 saturated carbocycles. The van der Waals surface area contributed by atoms with Crippen molar-refractivity contribution in [1.82, 2.24) is 0 Å². The molecule has 2 bridgehead atoms. The molecular weight excluding hydrogens is 266 g/mol. The van der Waals surface area contributed by atoms with Gasteiger partial charge in [-0.25, -0.2) is 0 Å². The Hall–Kier alpha value is -0.380. The van der Waals surface area contributed by atoms with E-state index in [4.69, 9.17) is 10.5 Å². The van der Waals surface area contributed by atoms with Crippen LogP contribution in [0.15, 0.2) is 6.07 Å². The molecule has 3 unspecified atom stereocenters. The molecule has 3 rings (SSSR count). The van der Waals surface area contributed by atoms with Crippen LogP contribution >= 0.6 is 11.3 Å². The monoisotopic (exact) mass is 293 g/mol. The molecule has 2 aliphatic carbocycles. The van der Waals surface area contributed by atoms with Crippen LogP contribution in [0.3, 0.4) is 0 Å². The van der Waals surface area contributed by atoms with Crippen LogP contribution < -0.4 is 5.73 Å². The quantitative estimate of drug-likeness (QED) is 0.901. The van der Waals surface area contributed by atoms with Gasteiger partial charge in [-0.2, -0.15) is 0 Å². The number of nitrogens with two attached hydrogens (primary N) is 1. The summed E-state index contributed by atoms with van der Waals surface area (Å²) in [7, 11) is 0. The van der Waals surface area contributed by atoms with Crippen LogP contribution in [0.25, 0.3) is 0 Å². The second-order valence-corrected chi connectivity index (χ2v) is 8.75. The summed E-state index contributed by atoms with van der Waals surface area (Å²) in [5, 5.41) is 0. The molecule has 0 radical (unpaired) electrons. The molecule has 0 aliphatic heterocycles. The molecule has 0 spiro atoms. The van der Waals surface area contributed by atoms with Crippen molar-refractivity contribution in [2.24, 2.45) is 22.5 Å². The van der Waals surface area contributed by atoms with Gasteiger partial charge in [0.05, 0.1) is 12.7 Å². The smallest absolute Gasteiger partial charge is 0.0731 e.